The summed E-state index contributed by atoms with van der Waals surface area (Å²) in [4.78, 5) is 21.3. The van der Waals surface area contributed by atoms with E-state index >= 15 is 0 Å². The molecule has 98 valence electrons. The molecule has 0 saturated carbocycles. The smallest absolute Gasteiger partial charge is 0.438 e. The van der Waals surface area contributed by atoms with E-state index in [1.54, 1.807) is 19.1 Å². The Morgan fingerprint density at radius 3 is 2.78 bits per heavy atom. The lowest BCUT2D eigenvalue weighted by Crippen LogP contribution is -2.12. The number of benzene rings is 1. The van der Waals surface area contributed by atoms with Crippen molar-refractivity contribution < 1.29 is 19.2 Å². The third kappa shape index (κ3) is 3.83. The Kier molecular flexibility index (Phi) is 5.32. The molecular weight excluding hydrogens is 353 g/mol. The van der Waals surface area contributed by atoms with Crippen LogP contribution in [0.2, 0.25) is 0 Å². The lowest BCUT2D eigenvalue weighted by molar-refractivity contribution is -0.385. The molecule has 0 spiro atoms. The molecular formula is C11H12INO5. The van der Waals surface area contributed by atoms with Gasteiger partial charge in [-0.3, -0.25) is 10.1 Å². The van der Waals surface area contributed by atoms with Crippen molar-refractivity contribution in [3.8, 4) is 0 Å². The average molecular weight is 365 g/mol. The summed E-state index contributed by atoms with van der Waals surface area (Å²) in [5.74, 6) is -0.279. The highest BCUT2D eigenvalue weighted by Gasteiger charge is 2.20. The zero-order valence-electron chi connectivity index (χ0n) is 9.88. The molecule has 0 aliphatic rings. The summed E-state index contributed by atoms with van der Waals surface area (Å²) in [7, 11) is 1.21. The number of hydrogen-bond donors (Lipinski definition) is 0. The van der Waals surface area contributed by atoms with Crippen molar-refractivity contribution in [1.82, 2.24) is 0 Å². The number of nitro groups is 1. The van der Waals surface area contributed by atoms with E-state index in [1.165, 1.54) is 13.2 Å². The maximum atomic E-state index is 10.9. The van der Waals surface area contributed by atoms with E-state index < -0.39 is 11.1 Å². The Balaban J connectivity index is 2.89. The van der Waals surface area contributed by atoms with Crippen LogP contribution in [0.5, 0.6) is 0 Å². The Hall–Kier alpha value is -1.38. The number of carbonyl (C=O) groups is 1. The predicted molar refractivity (Wildman–Crippen MR) is 72.6 cm³/mol. The summed E-state index contributed by atoms with van der Waals surface area (Å²) >= 11 is 2.07. The van der Waals surface area contributed by atoms with Crippen molar-refractivity contribution in [3.63, 3.8) is 0 Å². The van der Waals surface area contributed by atoms with E-state index in [9.17, 15) is 14.9 Å². The minimum Gasteiger partial charge on any atom is -0.438 e. The van der Waals surface area contributed by atoms with E-state index in [-0.39, 0.29) is 18.2 Å². The van der Waals surface area contributed by atoms with Crippen LogP contribution in [0.1, 0.15) is 18.4 Å². The van der Waals surface area contributed by atoms with Crippen LogP contribution in [-0.2, 0) is 9.47 Å². The van der Waals surface area contributed by atoms with Crippen LogP contribution in [-0.4, -0.2) is 24.8 Å². The van der Waals surface area contributed by atoms with Crippen molar-refractivity contribution in [2.24, 2.45) is 0 Å². The highest BCUT2D eigenvalue weighted by molar-refractivity contribution is 14.1. The molecule has 0 radical (unpaired) electrons. The van der Waals surface area contributed by atoms with Crippen molar-refractivity contribution in [2.45, 2.75) is 12.8 Å². The minimum atomic E-state index is -0.796. The van der Waals surface area contributed by atoms with E-state index in [4.69, 9.17) is 4.74 Å². The fraction of sp³-hybridized carbons (Fsp3) is 0.364. The van der Waals surface area contributed by atoms with E-state index in [1.807, 2.05) is 0 Å². The van der Waals surface area contributed by atoms with Gasteiger partial charge in [0.1, 0.15) is 6.61 Å². The van der Waals surface area contributed by atoms with Gasteiger partial charge in [-0.2, -0.15) is 0 Å². The van der Waals surface area contributed by atoms with Gasteiger partial charge in [0.2, 0.25) is 0 Å². The van der Waals surface area contributed by atoms with E-state index in [2.05, 4.69) is 27.3 Å². The van der Waals surface area contributed by atoms with Crippen LogP contribution in [0, 0.1) is 13.7 Å². The Bertz CT molecular complexity index is 463. The van der Waals surface area contributed by atoms with Gasteiger partial charge in [-0.25, -0.2) is 4.79 Å². The molecule has 0 heterocycles. The fourth-order valence-corrected chi connectivity index (χ4v) is 1.94. The van der Waals surface area contributed by atoms with Crippen molar-refractivity contribution in [2.75, 3.05) is 13.7 Å². The van der Waals surface area contributed by atoms with E-state index in [0.717, 1.165) is 3.57 Å². The highest BCUT2D eigenvalue weighted by atomic mass is 127. The second-order valence-electron chi connectivity index (χ2n) is 3.63. The predicted octanol–water partition coefficient (Wildman–Crippen LogP) is 3.09. The average Bonchev–Trinajstić information content (AvgIpc) is 2.34. The maximum absolute atomic E-state index is 10.9. The lowest BCUT2D eigenvalue weighted by atomic mass is 10.0. The second-order valence-corrected chi connectivity index (χ2v) is 4.87. The van der Waals surface area contributed by atoms with Crippen LogP contribution in [0.25, 0.3) is 0 Å². The Morgan fingerprint density at radius 1 is 1.56 bits per heavy atom. The molecule has 0 amide bonds. The van der Waals surface area contributed by atoms with Gasteiger partial charge in [-0.15, -0.1) is 0 Å². The SMILES string of the molecule is COC(=O)OCC(C)c1cc(I)ccc1[N+](=O)[O-]. The summed E-state index contributed by atoms with van der Waals surface area (Å²) in [5.41, 5.74) is 0.562. The van der Waals surface area contributed by atoms with Crippen molar-refractivity contribution >= 4 is 34.4 Å². The lowest BCUT2D eigenvalue weighted by Gasteiger charge is -2.12. The fourth-order valence-electron chi connectivity index (χ4n) is 1.43. The molecule has 7 heteroatoms. The van der Waals surface area contributed by atoms with Gasteiger partial charge < -0.3 is 9.47 Å². The third-order valence-electron chi connectivity index (χ3n) is 2.34. The summed E-state index contributed by atoms with van der Waals surface area (Å²) < 4.78 is 10.0. The van der Waals surface area contributed by atoms with Gasteiger partial charge >= 0.3 is 6.16 Å². The van der Waals surface area contributed by atoms with Gasteiger partial charge in [0.05, 0.1) is 12.0 Å². The molecule has 0 aromatic heterocycles. The topological polar surface area (TPSA) is 78.7 Å². The van der Waals surface area contributed by atoms with Crippen LogP contribution in [0.15, 0.2) is 18.2 Å². The molecule has 0 aliphatic heterocycles. The molecule has 18 heavy (non-hydrogen) atoms. The molecule has 0 aliphatic carbocycles. The molecule has 1 unspecified atom stereocenters. The molecule has 0 saturated heterocycles. The molecule has 6 nitrogen and oxygen atoms in total. The molecule has 0 bridgehead atoms. The second kappa shape index (κ2) is 6.53. The first-order chi connectivity index (χ1) is 8.45. The zero-order chi connectivity index (χ0) is 13.7. The van der Waals surface area contributed by atoms with E-state index in [0.29, 0.717) is 5.56 Å². The van der Waals surface area contributed by atoms with Crippen molar-refractivity contribution in [3.05, 3.63) is 37.4 Å². The van der Waals surface area contributed by atoms with Crippen LogP contribution < -0.4 is 0 Å². The van der Waals surface area contributed by atoms with Crippen molar-refractivity contribution in [1.29, 1.82) is 0 Å². The monoisotopic (exact) mass is 365 g/mol. The Morgan fingerprint density at radius 2 is 2.22 bits per heavy atom. The quantitative estimate of drug-likeness (QED) is 0.355. The van der Waals surface area contributed by atoms with Gasteiger partial charge in [-0.05, 0) is 34.7 Å². The number of methoxy groups -OCH3 is 1. The first-order valence-electron chi connectivity index (χ1n) is 5.10. The maximum Gasteiger partial charge on any atom is 0.507 e. The molecule has 1 rings (SSSR count). The normalized spacial score (nSPS) is 11.7. The third-order valence-corrected chi connectivity index (χ3v) is 3.01. The summed E-state index contributed by atoms with van der Waals surface area (Å²) in [6.45, 7) is 1.79. The van der Waals surface area contributed by atoms with Gasteiger partial charge in [0.25, 0.3) is 5.69 Å². The number of hydrogen-bond acceptors (Lipinski definition) is 5. The van der Waals surface area contributed by atoms with Crippen LogP contribution in [0.3, 0.4) is 0 Å². The molecule has 0 N–H and O–H groups in total. The number of carbonyl (C=O) groups excluding carboxylic acids is 1. The number of ether oxygens (including phenoxy) is 2. The number of halogens is 1. The largest absolute Gasteiger partial charge is 0.507 e. The number of nitro benzene ring substituents is 1. The molecule has 1 aromatic rings. The van der Waals surface area contributed by atoms with Gasteiger partial charge in [0.15, 0.2) is 0 Å². The summed E-state index contributed by atoms with van der Waals surface area (Å²) in [6, 6.07) is 4.83. The highest BCUT2D eigenvalue weighted by Crippen LogP contribution is 2.28. The number of rotatable bonds is 4. The minimum absolute atomic E-state index is 0.0244. The van der Waals surface area contributed by atoms with Crippen LogP contribution >= 0.6 is 22.6 Å². The standard InChI is InChI=1S/C11H12INO5/c1-7(6-18-11(14)17-2)9-5-8(12)3-4-10(9)13(15)16/h3-5,7H,6H2,1-2H3. The molecule has 0 fully saturated rings. The van der Waals surface area contributed by atoms with Gasteiger partial charge in [0, 0.05) is 21.1 Å². The Labute approximate surface area is 118 Å². The van der Waals surface area contributed by atoms with Crippen LogP contribution in [0.4, 0.5) is 10.5 Å². The molecule has 1 atom stereocenters. The first kappa shape index (κ1) is 14.7. The summed E-state index contributed by atoms with van der Waals surface area (Å²) in [6.07, 6.45) is -0.796. The summed E-state index contributed by atoms with van der Waals surface area (Å²) in [5, 5.41) is 10.9. The molecule has 1 aromatic carbocycles. The first-order valence-corrected chi connectivity index (χ1v) is 6.18. The zero-order valence-corrected chi connectivity index (χ0v) is 12.0. The van der Waals surface area contributed by atoms with Gasteiger partial charge in [-0.1, -0.05) is 6.92 Å². The number of nitrogens with zero attached hydrogens (tertiary/aromatic N) is 1.